The topological polar surface area (TPSA) is 74.1 Å². The van der Waals surface area contributed by atoms with Crippen LogP contribution in [-0.4, -0.2) is 27.0 Å². The molecule has 3 aromatic rings. The van der Waals surface area contributed by atoms with Crippen LogP contribution >= 0.6 is 23.2 Å². The molecular formula is C25H26Cl2N4O2S. The monoisotopic (exact) mass is 516 g/mol. The molecule has 0 saturated heterocycles. The van der Waals surface area contributed by atoms with Crippen LogP contribution in [0.2, 0.25) is 10.0 Å². The van der Waals surface area contributed by atoms with Crippen LogP contribution < -0.4 is 9.73 Å². The molecule has 34 heavy (non-hydrogen) atoms. The lowest BCUT2D eigenvalue weighted by atomic mass is 10.2. The molecule has 3 aromatic carbocycles. The van der Waals surface area contributed by atoms with Gasteiger partial charge in [0.05, 0.1) is 17.1 Å². The molecule has 0 atom stereocenters. The van der Waals surface area contributed by atoms with Gasteiger partial charge in [-0.05, 0) is 60.5 Å². The van der Waals surface area contributed by atoms with E-state index in [2.05, 4.69) is 9.71 Å². The summed E-state index contributed by atoms with van der Waals surface area (Å²) >= 11 is 12.0. The highest BCUT2D eigenvalue weighted by Gasteiger charge is 2.20. The zero-order valence-electron chi connectivity index (χ0n) is 18.9. The van der Waals surface area contributed by atoms with Gasteiger partial charge < -0.3 is 0 Å². The third-order valence-corrected chi connectivity index (χ3v) is 6.74. The Labute approximate surface area is 211 Å². The van der Waals surface area contributed by atoms with Gasteiger partial charge in [-0.2, -0.15) is 5.10 Å². The number of rotatable bonds is 9. The molecule has 0 amide bonds. The van der Waals surface area contributed by atoms with E-state index in [9.17, 15) is 8.42 Å². The summed E-state index contributed by atoms with van der Waals surface area (Å²) < 4.78 is 28.6. The smallest absolute Gasteiger partial charge is 0.263 e. The number of anilines is 1. The summed E-state index contributed by atoms with van der Waals surface area (Å²) in [5.41, 5.74) is 2.39. The standard InChI is InChI=1S/C25H26Cl2N4O2S/c1-3-7-24(25(28-2)30-34(32,33)23-16-12-21(27)13-17-23)29-31(18-19-8-5-4-6-9-19)22-14-10-20(26)11-15-22/h4-6,8-17H,3,7,18H2,1-2H3,(H,28,30)/b29-24+. The zero-order valence-corrected chi connectivity index (χ0v) is 21.3. The van der Waals surface area contributed by atoms with Gasteiger partial charge in [0.2, 0.25) is 0 Å². The maximum absolute atomic E-state index is 13.0. The Bertz CT molecular complexity index is 1240. The van der Waals surface area contributed by atoms with Crippen molar-refractivity contribution in [3.05, 3.63) is 94.5 Å². The number of hydrazone groups is 1. The summed E-state index contributed by atoms with van der Waals surface area (Å²) in [7, 11) is -2.34. The number of hydrogen-bond acceptors (Lipinski definition) is 5. The fourth-order valence-corrected chi connectivity index (χ4v) is 4.51. The second kappa shape index (κ2) is 12.0. The van der Waals surface area contributed by atoms with E-state index in [0.29, 0.717) is 28.7 Å². The lowest BCUT2D eigenvalue weighted by Crippen LogP contribution is -2.37. The summed E-state index contributed by atoms with van der Waals surface area (Å²) in [6, 6.07) is 23.2. The number of hydrogen-bond donors (Lipinski definition) is 1. The summed E-state index contributed by atoms with van der Waals surface area (Å²) in [4.78, 5) is 4.32. The van der Waals surface area contributed by atoms with Crippen LogP contribution in [0.15, 0.2) is 93.9 Å². The molecule has 0 spiro atoms. The fourth-order valence-electron chi connectivity index (χ4n) is 3.19. The molecule has 0 heterocycles. The minimum Gasteiger partial charge on any atom is -0.270 e. The van der Waals surface area contributed by atoms with Crippen molar-refractivity contribution in [3.63, 3.8) is 0 Å². The van der Waals surface area contributed by atoms with Gasteiger partial charge in [-0.25, -0.2) is 8.42 Å². The number of nitrogens with one attached hydrogen (secondary N) is 1. The number of benzene rings is 3. The molecule has 0 radical (unpaired) electrons. The van der Waals surface area contributed by atoms with Gasteiger partial charge in [-0.15, -0.1) is 0 Å². The normalized spacial score (nSPS) is 12.5. The highest BCUT2D eigenvalue weighted by atomic mass is 35.5. The first-order valence-electron chi connectivity index (χ1n) is 10.7. The number of aliphatic imine (C=N–C) groups is 1. The fraction of sp³-hybridized carbons (Fsp3) is 0.200. The Balaban J connectivity index is 1.98. The number of halogens is 2. The van der Waals surface area contributed by atoms with Crippen LogP contribution in [0.1, 0.15) is 25.3 Å². The van der Waals surface area contributed by atoms with Crippen molar-refractivity contribution < 1.29 is 8.42 Å². The van der Waals surface area contributed by atoms with E-state index in [-0.39, 0.29) is 10.7 Å². The predicted molar refractivity (Wildman–Crippen MR) is 142 cm³/mol. The van der Waals surface area contributed by atoms with E-state index >= 15 is 0 Å². The summed E-state index contributed by atoms with van der Waals surface area (Å²) in [6.45, 7) is 2.48. The minimum absolute atomic E-state index is 0.0905. The van der Waals surface area contributed by atoms with Crippen LogP contribution in [0.25, 0.3) is 0 Å². The van der Waals surface area contributed by atoms with Crippen molar-refractivity contribution in [1.82, 2.24) is 4.72 Å². The Morgan fingerprint density at radius 1 is 0.912 bits per heavy atom. The number of nitrogens with zero attached hydrogens (tertiary/aromatic N) is 3. The zero-order chi connectivity index (χ0) is 24.6. The van der Waals surface area contributed by atoms with E-state index in [4.69, 9.17) is 28.3 Å². The average molecular weight is 517 g/mol. The van der Waals surface area contributed by atoms with E-state index in [1.165, 1.54) is 31.3 Å². The first-order chi connectivity index (χ1) is 16.3. The third-order valence-electron chi connectivity index (χ3n) is 4.88. The second-order valence-electron chi connectivity index (χ2n) is 7.45. The molecule has 0 saturated carbocycles. The quantitative estimate of drug-likeness (QED) is 0.210. The molecule has 0 bridgehead atoms. The highest BCUT2D eigenvalue weighted by Crippen LogP contribution is 2.21. The maximum atomic E-state index is 13.0. The van der Waals surface area contributed by atoms with Crippen LogP contribution in [0.4, 0.5) is 5.69 Å². The SMILES string of the molecule is CCC/C(=N\N(Cc1ccccc1)c1ccc(Cl)cc1)C(=NC)NS(=O)(=O)c1ccc(Cl)cc1. The lowest BCUT2D eigenvalue weighted by Gasteiger charge is -2.22. The first kappa shape index (κ1) is 25.7. The average Bonchev–Trinajstić information content (AvgIpc) is 2.83. The van der Waals surface area contributed by atoms with E-state index in [0.717, 1.165) is 17.7 Å². The minimum atomic E-state index is -3.87. The van der Waals surface area contributed by atoms with Crippen LogP contribution in [-0.2, 0) is 16.6 Å². The maximum Gasteiger partial charge on any atom is 0.263 e. The Morgan fingerprint density at radius 3 is 2.06 bits per heavy atom. The van der Waals surface area contributed by atoms with E-state index in [1.54, 1.807) is 12.1 Å². The predicted octanol–water partition coefficient (Wildman–Crippen LogP) is 6.16. The van der Waals surface area contributed by atoms with Gasteiger partial charge in [0.15, 0.2) is 5.84 Å². The second-order valence-corrected chi connectivity index (χ2v) is 10.0. The van der Waals surface area contributed by atoms with Crippen LogP contribution in [0.3, 0.4) is 0 Å². The molecule has 0 unspecified atom stereocenters. The largest absolute Gasteiger partial charge is 0.270 e. The third kappa shape index (κ3) is 7.06. The molecule has 1 N–H and O–H groups in total. The van der Waals surface area contributed by atoms with Gasteiger partial charge >= 0.3 is 0 Å². The molecule has 178 valence electrons. The van der Waals surface area contributed by atoms with Crippen molar-refractivity contribution in [3.8, 4) is 0 Å². The van der Waals surface area contributed by atoms with Crippen molar-refractivity contribution in [2.24, 2.45) is 10.1 Å². The molecule has 3 rings (SSSR count). The lowest BCUT2D eigenvalue weighted by molar-refractivity contribution is 0.592. The van der Waals surface area contributed by atoms with E-state index in [1.807, 2.05) is 54.4 Å². The molecule has 0 aliphatic carbocycles. The Morgan fingerprint density at radius 2 is 1.50 bits per heavy atom. The molecule has 0 fully saturated rings. The summed E-state index contributed by atoms with van der Waals surface area (Å²) in [5.74, 6) is 0.184. The van der Waals surface area contributed by atoms with Gasteiger partial charge in [-0.1, -0.05) is 66.9 Å². The first-order valence-corrected chi connectivity index (χ1v) is 13.0. The van der Waals surface area contributed by atoms with Gasteiger partial charge in [0.25, 0.3) is 10.0 Å². The van der Waals surface area contributed by atoms with Crippen molar-refractivity contribution >= 4 is 50.5 Å². The van der Waals surface area contributed by atoms with Crippen molar-refractivity contribution in [2.75, 3.05) is 12.1 Å². The van der Waals surface area contributed by atoms with E-state index < -0.39 is 10.0 Å². The molecule has 0 aromatic heterocycles. The van der Waals surface area contributed by atoms with Gasteiger partial charge in [0.1, 0.15) is 5.71 Å². The molecular weight excluding hydrogens is 491 g/mol. The molecule has 9 heteroatoms. The Hall–Kier alpha value is -2.87. The van der Waals surface area contributed by atoms with Gasteiger partial charge in [-0.3, -0.25) is 14.7 Å². The molecule has 0 aliphatic heterocycles. The van der Waals surface area contributed by atoms with Crippen molar-refractivity contribution in [1.29, 1.82) is 0 Å². The number of amidine groups is 1. The van der Waals surface area contributed by atoms with Gasteiger partial charge in [0, 0.05) is 17.1 Å². The summed E-state index contributed by atoms with van der Waals surface area (Å²) in [6.07, 6.45) is 1.27. The molecule has 0 aliphatic rings. The Kier molecular flexibility index (Phi) is 9.10. The highest BCUT2D eigenvalue weighted by molar-refractivity contribution is 7.90. The molecule has 6 nitrogen and oxygen atoms in total. The summed E-state index contributed by atoms with van der Waals surface area (Å²) in [5, 5.41) is 7.74. The van der Waals surface area contributed by atoms with Crippen molar-refractivity contribution in [2.45, 2.75) is 31.2 Å². The van der Waals surface area contributed by atoms with Crippen LogP contribution in [0.5, 0.6) is 0 Å². The number of sulfonamides is 1. The van der Waals surface area contributed by atoms with Crippen LogP contribution in [0, 0.1) is 0 Å².